The van der Waals surface area contributed by atoms with Gasteiger partial charge in [0.25, 0.3) is 0 Å². The summed E-state index contributed by atoms with van der Waals surface area (Å²) < 4.78 is 0. The first-order valence-electron chi connectivity index (χ1n) is 17.2. The molecular weight excluding hydrogens is 609 g/mol. The largest absolute Gasteiger partial charge is 0.508 e. The van der Waals surface area contributed by atoms with Crippen LogP contribution in [0.2, 0.25) is 0 Å². The standard InChI is InChI=1S/C48H36O2/c1-47(41-13-5-3-11-39(41)33-21-19-31-23-25-37(49)29-35(31)27-33)43-15-7-9-17-45(43)48(2,46-18-10-8-16-44(46)47)42-14-6-4-12-40(42)34-22-20-32-24-26-38(50)30-36(32)28-34/h3-30,49-50H,1-2H3. The van der Waals surface area contributed by atoms with Crippen LogP contribution in [0.1, 0.15) is 47.2 Å². The first-order valence-corrected chi connectivity index (χ1v) is 17.2. The monoisotopic (exact) mass is 644 g/mol. The fourth-order valence-electron chi connectivity index (χ4n) is 8.73. The fourth-order valence-corrected chi connectivity index (χ4v) is 8.73. The molecule has 0 heterocycles. The topological polar surface area (TPSA) is 40.5 Å². The maximum atomic E-state index is 10.3. The molecule has 50 heavy (non-hydrogen) atoms. The van der Waals surface area contributed by atoms with Crippen LogP contribution in [0.15, 0.2) is 170 Å². The lowest BCUT2D eigenvalue weighted by molar-refractivity contribution is 0.475. The lowest BCUT2D eigenvalue weighted by Crippen LogP contribution is -2.41. The molecule has 1 aliphatic rings. The van der Waals surface area contributed by atoms with Gasteiger partial charge in [-0.25, -0.2) is 0 Å². The Morgan fingerprint density at radius 1 is 0.320 bits per heavy atom. The number of hydrogen-bond donors (Lipinski definition) is 2. The Morgan fingerprint density at radius 2 is 0.640 bits per heavy atom. The Morgan fingerprint density at radius 3 is 1.02 bits per heavy atom. The third-order valence-corrected chi connectivity index (χ3v) is 11.2. The lowest BCUT2D eigenvalue weighted by atomic mass is 9.54. The molecular formula is C48H36O2. The molecule has 0 unspecified atom stereocenters. The summed E-state index contributed by atoms with van der Waals surface area (Å²) in [6, 6.07) is 59.8. The highest BCUT2D eigenvalue weighted by molar-refractivity contribution is 5.91. The predicted molar refractivity (Wildman–Crippen MR) is 206 cm³/mol. The van der Waals surface area contributed by atoms with Crippen molar-refractivity contribution in [2.24, 2.45) is 0 Å². The molecule has 2 heteroatoms. The highest BCUT2D eigenvalue weighted by Gasteiger charge is 2.48. The van der Waals surface area contributed by atoms with E-state index in [4.69, 9.17) is 0 Å². The van der Waals surface area contributed by atoms with Gasteiger partial charge in [-0.05, 0) is 127 Å². The Hall–Kier alpha value is -6.12. The van der Waals surface area contributed by atoms with Crippen LogP contribution in [0.3, 0.4) is 0 Å². The van der Waals surface area contributed by atoms with Crippen LogP contribution in [0, 0.1) is 0 Å². The van der Waals surface area contributed by atoms with Crippen molar-refractivity contribution in [1.29, 1.82) is 0 Å². The first kappa shape index (κ1) is 30.0. The number of phenols is 2. The third-order valence-electron chi connectivity index (χ3n) is 11.2. The maximum Gasteiger partial charge on any atom is 0.116 e. The van der Waals surface area contributed by atoms with Crippen LogP contribution in [0.5, 0.6) is 11.5 Å². The van der Waals surface area contributed by atoms with Crippen LogP contribution in [0.25, 0.3) is 43.8 Å². The molecule has 0 bridgehead atoms. The lowest BCUT2D eigenvalue weighted by Gasteiger charge is -2.48. The molecule has 0 saturated carbocycles. The van der Waals surface area contributed by atoms with Gasteiger partial charge < -0.3 is 10.2 Å². The van der Waals surface area contributed by atoms with Gasteiger partial charge >= 0.3 is 0 Å². The fraction of sp³-hybridized carbons (Fsp3) is 0.0833. The molecule has 9 rings (SSSR count). The summed E-state index contributed by atoms with van der Waals surface area (Å²) in [5, 5.41) is 24.8. The van der Waals surface area contributed by atoms with Crippen molar-refractivity contribution in [3.63, 3.8) is 0 Å². The molecule has 0 aliphatic heterocycles. The minimum atomic E-state index is -0.466. The molecule has 8 aromatic rings. The van der Waals surface area contributed by atoms with Gasteiger partial charge in [-0.3, -0.25) is 0 Å². The normalized spacial score (nSPS) is 18.1. The molecule has 2 nitrogen and oxygen atoms in total. The summed E-state index contributed by atoms with van der Waals surface area (Å²) in [6.45, 7) is 4.77. The van der Waals surface area contributed by atoms with Gasteiger partial charge in [0.05, 0.1) is 0 Å². The van der Waals surface area contributed by atoms with Crippen molar-refractivity contribution >= 4 is 21.5 Å². The van der Waals surface area contributed by atoms with Gasteiger partial charge in [0.2, 0.25) is 0 Å². The van der Waals surface area contributed by atoms with Crippen molar-refractivity contribution in [3.05, 3.63) is 203 Å². The minimum Gasteiger partial charge on any atom is -0.508 e. The van der Waals surface area contributed by atoms with E-state index in [0.29, 0.717) is 0 Å². The number of aromatic hydroxyl groups is 2. The predicted octanol–water partition coefficient (Wildman–Crippen LogP) is 11.8. The molecule has 0 spiro atoms. The average Bonchev–Trinajstić information content (AvgIpc) is 3.16. The molecule has 240 valence electrons. The number of benzene rings is 8. The van der Waals surface area contributed by atoms with Crippen LogP contribution in [-0.2, 0) is 10.8 Å². The SMILES string of the molecule is CC1(c2ccccc2-c2ccc3ccc(O)cc3c2)c2ccccc2C(C)(c2ccccc2-c2ccc3ccc(O)cc3c2)c2ccccc21. The quantitative estimate of drug-likeness (QED) is 0.200. The molecule has 2 N–H and O–H groups in total. The van der Waals surface area contributed by atoms with E-state index in [2.05, 4.69) is 147 Å². The summed E-state index contributed by atoms with van der Waals surface area (Å²) in [4.78, 5) is 0. The second kappa shape index (κ2) is 11.2. The maximum absolute atomic E-state index is 10.3. The van der Waals surface area contributed by atoms with Gasteiger partial charge in [0, 0.05) is 10.8 Å². The van der Waals surface area contributed by atoms with Gasteiger partial charge in [0.1, 0.15) is 11.5 Å². The van der Waals surface area contributed by atoms with Crippen LogP contribution >= 0.6 is 0 Å². The zero-order valence-corrected chi connectivity index (χ0v) is 28.1. The third kappa shape index (κ3) is 4.42. The second-order valence-electron chi connectivity index (χ2n) is 13.9. The van der Waals surface area contributed by atoms with E-state index < -0.39 is 10.8 Å². The second-order valence-corrected chi connectivity index (χ2v) is 13.9. The van der Waals surface area contributed by atoms with E-state index in [1.165, 1.54) is 44.5 Å². The first-order chi connectivity index (χ1) is 24.4. The molecule has 0 radical (unpaired) electrons. The summed E-state index contributed by atoms with van der Waals surface area (Å²) in [5.41, 5.74) is 11.3. The van der Waals surface area contributed by atoms with Gasteiger partial charge in [-0.2, -0.15) is 0 Å². The molecule has 1 aliphatic carbocycles. The van der Waals surface area contributed by atoms with Crippen molar-refractivity contribution < 1.29 is 10.2 Å². The Bertz CT molecular complexity index is 2380. The van der Waals surface area contributed by atoms with E-state index in [0.717, 1.165) is 32.7 Å². The van der Waals surface area contributed by atoms with Crippen LogP contribution in [0.4, 0.5) is 0 Å². The molecule has 0 aromatic heterocycles. The number of fused-ring (bicyclic) bond motifs is 4. The highest BCUT2D eigenvalue weighted by atomic mass is 16.3. The van der Waals surface area contributed by atoms with E-state index in [1.807, 2.05) is 24.3 Å². The van der Waals surface area contributed by atoms with Crippen molar-refractivity contribution in [3.8, 4) is 33.8 Å². The summed E-state index contributed by atoms with van der Waals surface area (Å²) >= 11 is 0. The Labute approximate surface area is 292 Å². The van der Waals surface area contributed by atoms with Crippen molar-refractivity contribution in [2.75, 3.05) is 0 Å². The summed E-state index contributed by atoms with van der Waals surface area (Å²) in [6.07, 6.45) is 0. The molecule has 0 amide bonds. The zero-order chi connectivity index (χ0) is 34.0. The van der Waals surface area contributed by atoms with Crippen LogP contribution < -0.4 is 0 Å². The van der Waals surface area contributed by atoms with E-state index in [9.17, 15) is 10.2 Å². The molecule has 0 saturated heterocycles. The van der Waals surface area contributed by atoms with Crippen molar-refractivity contribution in [2.45, 2.75) is 24.7 Å². The zero-order valence-electron chi connectivity index (χ0n) is 28.1. The van der Waals surface area contributed by atoms with Crippen LogP contribution in [-0.4, -0.2) is 10.2 Å². The van der Waals surface area contributed by atoms with E-state index >= 15 is 0 Å². The van der Waals surface area contributed by atoms with Gasteiger partial charge in [-0.1, -0.05) is 133 Å². The summed E-state index contributed by atoms with van der Waals surface area (Å²) in [5.74, 6) is 0.540. The van der Waals surface area contributed by atoms with E-state index in [1.54, 1.807) is 12.1 Å². The number of rotatable bonds is 4. The Kier molecular flexibility index (Phi) is 6.73. The van der Waals surface area contributed by atoms with Gasteiger partial charge in [-0.15, -0.1) is 0 Å². The number of phenolic OH excluding ortho intramolecular Hbond substituents is 2. The highest BCUT2D eigenvalue weighted by Crippen LogP contribution is 2.57. The molecule has 0 fully saturated rings. The van der Waals surface area contributed by atoms with E-state index in [-0.39, 0.29) is 11.5 Å². The number of hydrogen-bond acceptors (Lipinski definition) is 2. The average molecular weight is 645 g/mol. The Balaban J connectivity index is 1.29. The molecule has 0 atom stereocenters. The smallest absolute Gasteiger partial charge is 0.116 e. The summed E-state index contributed by atoms with van der Waals surface area (Å²) in [7, 11) is 0. The minimum absolute atomic E-state index is 0.270. The van der Waals surface area contributed by atoms with Gasteiger partial charge in [0.15, 0.2) is 0 Å². The molecule has 8 aromatic carbocycles. The van der Waals surface area contributed by atoms with Crippen molar-refractivity contribution in [1.82, 2.24) is 0 Å².